The zero-order valence-corrected chi connectivity index (χ0v) is 8.55. The average Bonchev–Trinajstić information content (AvgIpc) is 2.10. The lowest BCUT2D eigenvalue weighted by molar-refractivity contribution is 0.673. The summed E-state index contributed by atoms with van der Waals surface area (Å²) in [5.74, 6) is 0.538. The van der Waals surface area contributed by atoms with Crippen molar-refractivity contribution >= 4 is 0 Å². The molecule has 12 heavy (non-hydrogen) atoms. The van der Waals surface area contributed by atoms with E-state index in [-0.39, 0.29) is 0 Å². The van der Waals surface area contributed by atoms with E-state index in [2.05, 4.69) is 32.6 Å². The number of hydrogen-bond donors (Lipinski definition) is 0. The Kier molecular flexibility index (Phi) is 8.20. The van der Waals surface area contributed by atoms with Crippen molar-refractivity contribution < 1.29 is 0 Å². The van der Waals surface area contributed by atoms with Gasteiger partial charge in [0.2, 0.25) is 0 Å². The van der Waals surface area contributed by atoms with E-state index in [1.54, 1.807) is 0 Å². The largest absolute Gasteiger partial charge is 0.102 e. The van der Waals surface area contributed by atoms with Crippen molar-refractivity contribution in [3.05, 3.63) is 24.8 Å². The van der Waals surface area contributed by atoms with Crippen LogP contribution in [0.25, 0.3) is 0 Å². The van der Waals surface area contributed by atoms with Gasteiger partial charge < -0.3 is 0 Å². The standard InChI is InChI=1S/C12H22/c1-4-6-7-8-9-10-11-12(3)5-2/h5,10-12H,2,4,6-9H2,1,3H3/b11-10+. The van der Waals surface area contributed by atoms with Crippen LogP contribution in [0.5, 0.6) is 0 Å². The van der Waals surface area contributed by atoms with Crippen molar-refractivity contribution in [2.24, 2.45) is 5.92 Å². The van der Waals surface area contributed by atoms with E-state index in [1.165, 1.54) is 32.1 Å². The van der Waals surface area contributed by atoms with Crippen molar-refractivity contribution in [2.45, 2.75) is 46.0 Å². The molecule has 0 spiro atoms. The summed E-state index contributed by atoms with van der Waals surface area (Å²) >= 11 is 0. The molecule has 0 N–H and O–H groups in total. The summed E-state index contributed by atoms with van der Waals surface area (Å²) in [4.78, 5) is 0. The Bertz CT molecular complexity index is 122. The summed E-state index contributed by atoms with van der Waals surface area (Å²) in [6, 6.07) is 0. The second kappa shape index (κ2) is 8.58. The molecule has 0 aromatic carbocycles. The van der Waals surface area contributed by atoms with E-state index in [9.17, 15) is 0 Å². The fraction of sp³-hybridized carbons (Fsp3) is 0.667. The Morgan fingerprint density at radius 2 is 2.00 bits per heavy atom. The molecule has 0 aromatic heterocycles. The molecule has 0 amide bonds. The predicted octanol–water partition coefficient (Wildman–Crippen LogP) is 4.34. The molecular weight excluding hydrogens is 144 g/mol. The molecule has 1 unspecified atom stereocenters. The maximum Gasteiger partial charge on any atom is -0.00846 e. The topological polar surface area (TPSA) is 0 Å². The molecule has 0 rings (SSSR count). The van der Waals surface area contributed by atoms with Gasteiger partial charge in [-0.15, -0.1) is 6.58 Å². The summed E-state index contributed by atoms with van der Waals surface area (Å²) in [7, 11) is 0. The monoisotopic (exact) mass is 166 g/mol. The van der Waals surface area contributed by atoms with Gasteiger partial charge >= 0.3 is 0 Å². The minimum atomic E-state index is 0.538. The van der Waals surface area contributed by atoms with Crippen molar-refractivity contribution in [1.82, 2.24) is 0 Å². The second-order valence-electron chi connectivity index (χ2n) is 3.37. The lowest BCUT2D eigenvalue weighted by Crippen LogP contribution is -1.80. The third-order valence-corrected chi connectivity index (χ3v) is 2.04. The first kappa shape index (κ1) is 11.5. The van der Waals surface area contributed by atoms with Crippen molar-refractivity contribution in [1.29, 1.82) is 0 Å². The molecule has 0 radical (unpaired) electrons. The van der Waals surface area contributed by atoms with Crippen molar-refractivity contribution in [3.63, 3.8) is 0 Å². The minimum absolute atomic E-state index is 0.538. The quantitative estimate of drug-likeness (QED) is 0.390. The fourth-order valence-electron chi connectivity index (χ4n) is 1.08. The first-order valence-corrected chi connectivity index (χ1v) is 5.10. The van der Waals surface area contributed by atoms with Crippen LogP contribution in [0.2, 0.25) is 0 Å². The average molecular weight is 166 g/mol. The minimum Gasteiger partial charge on any atom is -0.102 e. The molecule has 0 heterocycles. The molecular formula is C12H22. The predicted molar refractivity (Wildman–Crippen MR) is 57.3 cm³/mol. The molecule has 0 bridgehead atoms. The van der Waals surface area contributed by atoms with Gasteiger partial charge in [0.05, 0.1) is 0 Å². The van der Waals surface area contributed by atoms with Gasteiger partial charge in [0.25, 0.3) is 0 Å². The van der Waals surface area contributed by atoms with Gasteiger partial charge in [-0.2, -0.15) is 0 Å². The zero-order valence-electron chi connectivity index (χ0n) is 8.55. The molecule has 0 heteroatoms. The first-order chi connectivity index (χ1) is 5.81. The van der Waals surface area contributed by atoms with Crippen LogP contribution in [0, 0.1) is 5.92 Å². The van der Waals surface area contributed by atoms with Crippen LogP contribution in [0.1, 0.15) is 46.0 Å². The molecule has 0 aromatic rings. The summed E-state index contributed by atoms with van der Waals surface area (Å²) in [5.41, 5.74) is 0. The Labute approximate surface area is 77.4 Å². The lowest BCUT2D eigenvalue weighted by Gasteiger charge is -1.96. The van der Waals surface area contributed by atoms with Crippen LogP contribution < -0.4 is 0 Å². The Balaban J connectivity index is 3.18. The number of unbranched alkanes of at least 4 members (excludes halogenated alkanes) is 4. The second-order valence-corrected chi connectivity index (χ2v) is 3.37. The molecule has 0 aliphatic heterocycles. The SMILES string of the molecule is C=CC(C)/C=C/CCCCCC. The van der Waals surface area contributed by atoms with Crippen LogP contribution >= 0.6 is 0 Å². The summed E-state index contributed by atoms with van der Waals surface area (Å²) in [5, 5.41) is 0. The van der Waals surface area contributed by atoms with Gasteiger partial charge in [-0.25, -0.2) is 0 Å². The van der Waals surface area contributed by atoms with E-state index < -0.39 is 0 Å². The smallest absolute Gasteiger partial charge is 0.00846 e. The van der Waals surface area contributed by atoms with Gasteiger partial charge in [-0.1, -0.05) is 51.3 Å². The van der Waals surface area contributed by atoms with Gasteiger partial charge in [-0.3, -0.25) is 0 Å². The molecule has 0 saturated carbocycles. The van der Waals surface area contributed by atoms with E-state index in [1.807, 2.05) is 6.08 Å². The number of allylic oxidation sites excluding steroid dienone is 3. The van der Waals surface area contributed by atoms with E-state index in [0.29, 0.717) is 5.92 Å². The molecule has 0 aliphatic carbocycles. The molecule has 0 aliphatic rings. The first-order valence-electron chi connectivity index (χ1n) is 5.10. The van der Waals surface area contributed by atoms with Crippen LogP contribution in [-0.2, 0) is 0 Å². The molecule has 70 valence electrons. The normalized spacial score (nSPS) is 13.5. The van der Waals surface area contributed by atoms with Crippen LogP contribution in [0.4, 0.5) is 0 Å². The molecule has 1 atom stereocenters. The highest BCUT2D eigenvalue weighted by atomic mass is 13.9. The van der Waals surface area contributed by atoms with Crippen LogP contribution in [-0.4, -0.2) is 0 Å². The van der Waals surface area contributed by atoms with Gasteiger partial charge in [0, 0.05) is 0 Å². The Hall–Kier alpha value is -0.520. The summed E-state index contributed by atoms with van der Waals surface area (Å²) in [6.07, 6.45) is 13.1. The van der Waals surface area contributed by atoms with Gasteiger partial charge in [0.1, 0.15) is 0 Å². The number of rotatable bonds is 7. The highest BCUT2D eigenvalue weighted by Gasteiger charge is 1.87. The Morgan fingerprint density at radius 1 is 1.25 bits per heavy atom. The lowest BCUT2D eigenvalue weighted by atomic mass is 10.1. The van der Waals surface area contributed by atoms with Crippen LogP contribution in [0.3, 0.4) is 0 Å². The van der Waals surface area contributed by atoms with Gasteiger partial charge in [-0.05, 0) is 18.8 Å². The zero-order chi connectivity index (χ0) is 9.23. The molecule has 0 saturated heterocycles. The third kappa shape index (κ3) is 7.59. The highest BCUT2D eigenvalue weighted by molar-refractivity contribution is 4.94. The van der Waals surface area contributed by atoms with E-state index >= 15 is 0 Å². The third-order valence-electron chi connectivity index (χ3n) is 2.04. The molecule has 0 nitrogen and oxygen atoms in total. The van der Waals surface area contributed by atoms with Gasteiger partial charge in [0.15, 0.2) is 0 Å². The van der Waals surface area contributed by atoms with Crippen LogP contribution in [0.15, 0.2) is 24.8 Å². The highest BCUT2D eigenvalue weighted by Crippen LogP contribution is 2.05. The van der Waals surface area contributed by atoms with Crippen molar-refractivity contribution in [2.75, 3.05) is 0 Å². The molecule has 0 fully saturated rings. The maximum atomic E-state index is 3.74. The van der Waals surface area contributed by atoms with E-state index in [4.69, 9.17) is 0 Å². The number of hydrogen-bond acceptors (Lipinski definition) is 0. The Morgan fingerprint density at radius 3 is 2.58 bits per heavy atom. The summed E-state index contributed by atoms with van der Waals surface area (Å²) in [6.45, 7) is 8.15. The maximum absolute atomic E-state index is 3.74. The van der Waals surface area contributed by atoms with Crippen molar-refractivity contribution in [3.8, 4) is 0 Å². The fourth-order valence-corrected chi connectivity index (χ4v) is 1.08. The van der Waals surface area contributed by atoms with E-state index in [0.717, 1.165) is 0 Å². The summed E-state index contributed by atoms with van der Waals surface area (Å²) < 4.78 is 0.